The van der Waals surface area contributed by atoms with Gasteiger partial charge in [0.15, 0.2) is 0 Å². The lowest BCUT2D eigenvalue weighted by Gasteiger charge is -2.31. The highest BCUT2D eigenvalue weighted by Gasteiger charge is 2.32. The van der Waals surface area contributed by atoms with Crippen LogP contribution in [0.15, 0.2) is 24.3 Å². The van der Waals surface area contributed by atoms with E-state index in [2.05, 4.69) is 5.32 Å². The highest BCUT2D eigenvalue weighted by molar-refractivity contribution is 5.87. The first kappa shape index (κ1) is 18.1. The fourth-order valence-electron chi connectivity index (χ4n) is 2.45. The molecule has 0 aromatic heterocycles. The normalized spacial score (nSPS) is 13.7. The first-order valence-electron chi connectivity index (χ1n) is 7.19. The van der Waals surface area contributed by atoms with Gasteiger partial charge in [-0.15, -0.1) is 0 Å². The smallest absolute Gasteiger partial charge is 0.326 e. The van der Waals surface area contributed by atoms with E-state index in [-0.39, 0.29) is 17.6 Å². The molecule has 0 bridgehead atoms. The Bertz CT molecular complexity index is 517. The monoisotopic (exact) mass is 310 g/mol. The molecule has 1 aromatic rings. The number of likely N-dealkylation sites (N-methyl/N-ethyl adjacent to an activating group) is 2. The van der Waals surface area contributed by atoms with Crippen molar-refractivity contribution in [2.24, 2.45) is 5.92 Å². The van der Waals surface area contributed by atoms with Crippen molar-refractivity contribution in [1.29, 1.82) is 0 Å². The molecule has 0 fully saturated rings. The summed E-state index contributed by atoms with van der Waals surface area (Å²) in [4.78, 5) is 25.1. The lowest BCUT2D eigenvalue weighted by Crippen LogP contribution is -2.52. The molecule has 6 heteroatoms. The lowest BCUT2D eigenvalue weighted by molar-refractivity contribution is -0.151. The number of halogens is 1. The van der Waals surface area contributed by atoms with Gasteiger partial charge in [-0.2, -0.15) is 0 Å². The zero-order valence-corrected chi connectivity index (χ0v) is 13.3. The molecule has 0 spiro atoms. The molecular formula is C16H23FN2O3. The lowest BCUT2D eigenvalue weighted by atomic mass is 10.00. The molecule has 0 aliphatic heterocycles. The summed E-state index contributed by atoms with van der Waals surface area (Å²) in [6.07, 6.45) is 0.365. The number of carboxylic acids is 1. The molecule has 2 N–H and O–H groups in total. The van der Waals surface area contributed by atoms with Crippen LogP contribution >= 0.6 is 0 Å². The Morgan fingerprint density at radius 3 is 2.23 bits per heavy atom. The molecule has 1 rings (SSSR count). The van der Waals surface area contributed by atoms with Gasteiger partial charge in [-0.1, -0.05) is 26.0 Å². The van der Waals surface area contributed by atoms with Crippen LogP contribution in [0.3, 0.4) is 0 Å². The Kier molecular flexibility index (Phi) is 6.49. The number of carbonyl (C=O) groups is 2. The Morgan fingerprint density at radius 1 is 1.27 bits per heavy atom. The van der Waals surface area contributed by atoms with Crippen molar-refractivity contribution >= 4 is 11.9 Å². The largest absolute Gasteiger partial charge is 0.480 e. The molecule has 5 nitrogen and oxygen atoms in total. The maximum absolute atomic E-state index is 12.9. The van der Waals surface area contributed by atoms with Gasteiger partial charge < -0.3 is 15.3 Å². The molecule has 22 heavy (non-hydrogen) atoms. The summed E-state index contributed by atoms with van der Waals surface area (Å²) >= 11 is 0. The number of hydrogen-bond acceptors (Lipinski definition) is 3. The van der Waals surface area contributed by atoms with Crippen LogP contribution in [0.25, 0.3) is 0 Å². The Hall–Kier alpha value is -1.95. The van der Waals surface area contributed by atoms with Crippen LogP contribution in [0.1, 0.15) is 19.4 Å². The van der Waals surface area contributed by atoms with Crippen molar-refractivity contribution in [3.05, 3.63) is 35.6 Å². The van der Waals surface area contributed by atoms with E-state index in [4.69, 9.17) is 0 Å². The van der Waals surface area contributed by atoms with Crippen LogP contribution in [0.4, 0.5) is 4.39 Å². The number of benzene rings is 1. The summed E-state index contributed by atoms with van der Waals surface area (Å²) in [5.74, 6) is -1.86. The third-order valence-corrected chi connectivity index (χ3v) is 3.65. The van der Waals surface area contributed by atoms with Crippen LogP contribution in [-0.4, -0.2) is 48.1 Å². The number of nitrogens with one attached hydrogen (secondary N) is 1. The molecule has 0 heterocycles. The number of nitrogens with zero attached hydrogens (tertiary/aromatic N) is 1. The standard InChI is InChI=1S/C16H23FN2O3/c1-10(2)14(16(21)22)19(4)15(20)13(18-3)9-11-5-7-12(17)8-6-11/h5-8,10,13-14,18H,9H2,1-4H3,(H,21,22)/t13-,14-/m0/s1. The second kappa shape index (κ2) is 7.89. The van der Waals surface area contributed by atoms with Gasteiger partial charge >= 0.3 is 5.97 Å². The van der Waals surface area contributed by atoms with Gasteiger partial charge in [0.2, 0.25) is 5.91 Å². The number of rotatable bonds is 7. The van der Waals surface area contributed by atoms with Crippen molar-refractivity contribution in [3.8, 4) is 0 Å². The molecule has 1 aromatic carbocycles. The van der Waals surface area contributed by atoms with E-state index in [0.29, 0.717) is 6.42 Å². The van der Waals surface area contributed by atoms with E-state index in [1.807, 2.05) is 0 Å². The highest BCUT2D eigenvalue weighted by atomic mass is 19.1. The maximum atomic E-state index is 12.9. The molecule has 0 unspecified atom stereocenters. The third kappa shape index (κ3) is 4.53. The van der Waals surface area contributed by atoms with Crippen LogP contribution in [-0.2, 0) is 16.0 Å². The zero-order chi connectivity index (χ0) is 16.9. The fraction of sp³-hybridized carbons (Fsp3) is 0.500. The van der Waals surface area contributed by atoms with Crippen molar-refractivity contribution in [2.75, 3.05) is 14.1 Å². The molecule has 122 valence electrons. The molecule has 0 radical (unpaired) electrons. The fourth-order valence-corrected chi connectivity index (χ4v) is 2.45. The summed E-state index contributed by atoms with van der Waals surface area (Å²) in [6.45, 7) is 3.52. The SMILES string of the molecule is CN[C@@H](Cc1ccc(F)cc1)C(=O)N(C)[C@H](C(=O)O)C(C)C. The van der Waals surface area contributed by atoms with Crippen molar-refractivity contribution in [1.82, 2.24) is 10.2 Å². The number of carboxylic acid groups (broad SMARTS) is 1. The van der Waals surface area contributed by atoms with Gasteiger partial charge in [0.05, 0.1) is 6.04 Å². The van der Waals surface area contributed by atoms with Crippen LogP contribution < -0.4 is 5.32 Å². The number of amides is 1. The van der Waals surface area contributed by atoms with Crippen molar-refractivity contribution in [3.63, 3.8) is 0 Å². The summed E-state index contributed by atoms with van der Waals surface area (Å²) < 4.78 is 12.9. The highest BCUT2D eigenvalue weighted by Crippen LogP contribution is 2.13. The van der Waals surface area contributed by atoms with E-state index in [0.717, 1.165) is 5.56 Å². The Balaban J connectivity index is 2.86. The topological polar surface area (TPSA) is 69.6 Å². The minimum absolute atomic E-state index is 0.199. The van der Waals surface area contributed by atoms with Crippen molar-refractivity contribution in [2.45, 2.75) is 32.4 Å². The summed E-state index contributed by atoms with van der Waals surface area (Å²) in [7, 11) is 3.14. The quantitative estimate of drug-likeness (QED) is 0.801. The Labute approximate surface area is 130 Å². The molecule has 2 atom stereocenters. The molecule has 1 amide bonds. The first-order chi connectivity index (χ1) is 10.3. The molecular weight excluding hydrogens is 287 g/mol. The van der Waals surface area contributed by atoms with Gasteiger partial charge in [-0.3, -0.25) is 4.79 Å². The van der Waals surface area contributed by atoms with E-state index in [1.54, 1.807) is 33.0 Å². The van der Waals surface area contributed by atoms with Crippen LogP contribution in [0.2, 0.25) is 0 Å². The van der Waals surface area contributed by atoms with Crippen LogP contribution in [0, 0.1) is 11.7 Å². The summed E-state index contributed by atoms with van der Waals surface area (Å²) in [5, 5.41) is 12.2. The summed E-state index contributed by atoms with van der Waals surface area (Å²) in [5.41, 5.74) is 0.805. The predicted octanol–water partition coefficient (Wildman–Crippen LogP) is 1.52. The number of carbonyl (C=O) groups excluding carboxylic acids is 1. The molecule has 0 aliphatic carbocycles. The second-order valence-corrected chi connectivity index (χ2v) is 5.65. The van der Waals surface area contributed by atoms with Gasteiger partial charge in [-0.05, 0) is 37.1 Å². The average molecular weight is 310 g/mol. The Morgan fingerprint density at radius 2 is 1.82 bits per heavy atom. The minimum atomic E-state index is -1.03. The van der Waals surface area contributed by atoms with Gasteiger partial charge in [0.1, 0.15) is 11.9 Å². The maximum Gasteiger partial charge on any atom is 0.326 e. The molecule has 0 saturated heterocycles. The molecule has 0 saturated carbocycles. The van der Waals surface area contributed by atoms with E-state index >= 15 is 0 Å². The second-order valence-electron chi connectivity index (χ2n) is 5.65. The van der Waals surface area contributed by atoms with E-state index < -0.39 is 18.1 Å². The third-order valence-electron chi connectivity index (χ3n) is 3.65. The van der Waals surface area contributed by atoms with E-state index in [1.165, 1.54) is 24.1 Å². The minimum Gasteiger partial charge on any atom is -0.480 e. The van der Waals surface area contributed by atoms with Gasteiger partial charge in [0.25, 0.3) is 0 Å². The number of aliphatic carboxylic acids is 1. The average Bonchev–Trinajstić information content (AvgIpc) is 2.45. The molecule has 0 aliphatic rings. The number of hydrogen-bond donors (Lipinski definition) is 2. The van der Waals surface area contributed by atoms with Gasteiger partial charge in [-0.25, -0.2) is 9.18 Å². The van der Waals surface area contributed by atoms with Gasteiger partial charge in [0, 0.05) is 7.05 Å². The van der Waals surface area contributed by atoms with Crippen molar-refractivity contribution < 1.29 is 19.1 Å². The first-order valence-corrected chi connectivity index (χ1v) is 7.19. The summed E-state index contributed by atoms with van der Waals surface area (Å²) in [6, 6.07) is 4.47. The van der Waals surface area contributed by atoms with Crippen LogP contribution in [0.5, 0.6) is 0 Å². The van der Waals surface area contributed by atoms with E-state index in [9.17, 15) is 19.1 Å². The predicted molar refractivity (Wildman–Crippen MR) is 82.0 cm³/mol. The zero-order valence-electron chi connectivity index (χ0n) is 13.3.